The van der Waals surface area contributed by atoms with Crippen LogP contribution in [0.15, 0.2) is 36.5 Å². The monoisotopic (exact) mass is 308 g/mol. The van der Waals surface area contributed by atoms with E-state index >= 15 is 0 Å². The molecular formula is C14H13FN2O3S. The van der Waals surface area contributed by atoms with Gasteiger partial charge in [0.25, 0.3) is 0 Å². The number of hydrogen-bond donors (Lipinski definition) is 0. The number of halogens is 1. The maximum atomic E-state index is 12.7. The second-order valence-corrected chi connectivity index (χ2v) is 6.57. The van der Waals surface area contributed by atoms with Gasteiger partial charge >= 0.3 is 10.2 Å². The summed E-state index contributed by atoms with van der Waals surface area (Å²) in [5.41, 5.74) is 1.50. The summed E-state index contributed by atoms with van der Waals surface area (Å²) in [7, 11) is -4.56. The third-order valence-electron chi connectivity index (χ3n) is 3.54. The van der Waals surface area contributed by atoms with Crippen LogP contribution in [0.25, 0.3) is 10.9 Å². The summed E-state index contributed by atoms with van der Waals surface area (Å²) in [6.07, 6.45) is 1.74. The molecule has 1 fully saturated rings. The lowest BCUT2D eigenvalue weighted by molar-refractivity contribution is -0.117. The smallest absolute Gasteiger partial charge is 0.302 e. The minimum atomic E-state index is -4.56. The summed E-state index contributed by atoms with van der Waals surface area (Å²) in [4.78, 5) is 17.7. The minimum absolute atomic E-state index is 0.0498. The van der Waals surface area contributed by atoms with E-state index in [4.69, 9.17) is 0 Å². The molecule has 1 aliphatic heterocycles. The van der Waals surface area contributed by atoms with E-state index in [9.17, 15) is 17.1 Å². The third kappa shape index (κ3) is 3.02. The maximum absolute atomic E-state index is 12.7. The molecule has 1 amide bonds. The van der Waals surface area contributed by atoms with Crippen LogP contribution in [-0.4, -0.2) is 31.6 Å². The van der Waals surface area contributed by atoms with E-state index in [1.807, 2.05) is 12.1 Å². The van der Waals surface area contributed by atoms with Crippen LogP contribution in [0.2, 0.25) is 0 Å². The number of rotatable bonds is 3. The van der Waals surface area contributed by atoms with Crippen molar-refractivity contribution in [3.63, 3.8) is 0 Å². The predicted molar refractivity (Wildman–Crippen MR) is 77.1 cm³/mol. The highest BCUT2D eigenvalue weighted by atomic mass is 32.3. The average molecular weight is 308 g/mol. The molecule has 2 heterocycles. The molecule has 1 aromatic heterocycles. The molecule has 1 atom stereocenters. The van der Waals surface area contributed by atoms with Gasteiger partial charge in [0.2, 0.25) is 5.91 Å². The molecule has 0 saturated carbocycles. The van der Waals surface area contributed by atoms with Crippen molar-refractivity contribution in [2.75, 3.05) is 17.2 Å². The van der Waals surface area contributed by atoms with Gasteiger partial charge in [-0.25, -0.2) is 0 Å². The summed E-state index contributed by atoms with van der Waals surface area (Å²) in [6, 6.07) is 9.08. The predicted octanol–water partition coefficient (Wildman–Crippen LogP) is 1.89. The van der Waals surface area contributed by atoms with Crippen molar-refractivity contribution in [3.8, 4) is 0 Å². The first kappa shape index (κ1) is 13.9. The fourth-order valence-corrected chi connectivity index (χ4v) is 3.44. The first-order valence-corrected chi connectivity index (χ1v) is 8.05. The summed E-state index contributed by atoms with van der Waals surface area (Å²) in [5.74, 6) is -1.30. The summed E-state index contributed by atoms with van der Waals surface area (Å²) < 4.78 is 34.2. The van der Waals surface area contributed by atoms with Gasteiger partial charge in [-0.15, -0.1) is 3.89 Å². The molecule has 5 nitrogen and oxygen atoms in total. The molecule has 0 spiro atoms. The Bertz CT molecular complexity index is 807. The number of amides is 1. The number of aromatic nitrogens is 1. The van der Waals surface area contributed by atoms with Crippen molar-refractivity contribution in [2.24, 2.45) is 5.92 Å². The zero-order chi connectivity index (χ0) is 15.0. The van der Waals surface area contributed by atoms with E-state index in [1.165, 1.54) is 4.90 Å². The Labute approximate surface area is 121 Å². The second-order valence-electron chi connectivity index (χ2n) is 5.16. The topological polar surface area (TPSA) is 67.3 Å². The maximum Gasteiger partial charge on any atom is 0.302 e. The molecule has 21 heavy (non-hydrogen) atoms. The second kappa shape index (κ2) is 5.07. The Hall–Kier alpha value is -2.02. The van der Waals surface area contributed by atoms with Gasteiger partial charge in [0.15, 0.2) is 0 Å². The SMILES string of the molecule is O=C1CC(CS(=O)(=O)F)CN1c1ccc2ncccc2c1. The van der Waals surface area contributed by atoms with Gasteiger partial charge in [-0.05, 0) is 24.3 Å². The molecule has 1 aliphatic rings. The summed E-state index contributed by atoms with van der Waals surface area (Å²) in [6.45, 7) is 0.216. The fourth-order valence-electron chi connectivity index (χ4n) is 2.66. The van der Waals surface area contributed by atoms with Crippen LogP contribution in [0.4, 0.5) is 9.57 Å². The van der Waals surface area contributed by atoms with Crippen LogP contribution in [0.1, 0.15) is 6.42 Å². The fraction of sp³-hybridized carbons (Fsp3) is 0.286. The molecular weight excluding hydrogens is 295 g/mol. The van der Waals surface area contributed by atoms with E-state index in [-0.39, 0.29) is 18.9 Å². The zero-order valence-corrected chi connectivity index (χ0v) is 11.9. The molecule has 7 heteroatoms. The number of benzene rings is 1. The molecule has 2 aromatic rings. The molecule has 110 valence electrons. The van der Waals surface area contributed by atoms with Crippen LogP contribution >= 0.6 is 0 Å². The summed E-state index contributed by atoms with van der Waals surface area (Å²) in [5, 5.41) is 0.893. The minimum Gasteiger partial charge on any atom is -0.312 e. The highest BCUT2D eigenvalue weighted by Crippen LogP contribution is 2.28. The largest absolute Gasteiger partial charge is 0.312 e. The Morgan fingerprint density at radius 3 is 2.90 bits per heavy atom. The van der Waals surface area contributed by atoms with Gasteiger partial charge in [-0.1, -0.05) is 6.07 Å². The molecule has 0 bridgehead atoms. The molecule has 0 aliphatic carbocycles. The lowest BCUT2D eigenvalue weighted by atomic mass is 10.1. The molecule has 0 radical (unpaired) electrons. The number of pyridine rings is 1. The molecule has 1 aromatic carbocycles. The van der Waals surface area contributed by atoms with E-state index < -0.39 is 21.9 Å². The Morgan fingerprint density at radius 2 is 2.14 bits per heavy atom. The lowest BCUT2D eigenvalue weighted by Crippen LogP contribution is -2.25. The third-order valence-corrected chi connectivity index (χ3v) is 4.41. The van der Waals surface area contributed by atoms with Crippen LogP contribution in [0.3, 0.4) is 0 Å². The number of hydrogen-bond acceptors (Lipinski definition) is 4. The van der Waals surface area contributed by atoms with Gasteiger partial charge < -0.3 is 4.90 Å². The van der Waals surface area contributed by atoms with E-state index in [0.29, 0.717) is 5.69 Å². The van der Waals surface area contributed by atoms with Crippen LogP contribution in [0, 0.1) is 5.92 Å². The average Bonchev–Trinajstić information content (AvgIpc) is 2.76. The summed E-state index contributed by atoms with van der Waals surface area (Å²) >= 11 is 0. The first-order valence-electron chi connectivity index (χ1n) is 6.50. The van der Waals surface area contributed by atoms with Gasteiger partial charge in [0.1, 0.15) is 0 Å². The van der Waals surface area contributed by atoms with E-state index in [2.05, 4.69) is 4.98 Å². The van der Waals surface area contributed by atoms with Gasteiger partial charge in [-0.3, -0.25) is 9.78 Å². The van der Waals surface area contributed by atoms with Crippen molar-refractivity contribution in [3.05, 3.63) is 36.5 Å². The Kier molecular flexibility index (Phi) is 3.36. The van der Waals surface area contributed by atoms with E-state index in [1.54, 1.807) is 24.4 Å². The van der Waals surface area contributed by atoms with Crippen LogP contribution in [-0.2, 0) is 15.0 Å². The van der Waals surface area contributed by atoms with Crippen molar-refractivity contribution in [2.45, 2.75) is 6.42 Å². The van der Waals surface area contributed by atoms with Gasteiger partial charge in [-0.2, -0.15) is 8.42 Å². The van der Waals surface area contributed by atoms with Crippen molar-refractivity contribution < 1.29 is 17.1 Å². The highest BCUT2D eigenvalue weighted by Gasteiger charge is 2.33. The van der Waals surface area contributed by atoms with Crippen LogP contribution in [0.5, 0.6) is 0 Å². The number of carbonyl (C=O) groups is 1. The zero-order valence-electron chi connectivity index (χ0n) is 11.1. The first-order chi connectivity index (χ1) is 9.92. The number of nitrogens with zero attached hydrogens (tertiary/aromatic N) is 2. The van der Waals surface area contributed by atoms with Crippen molar-refractivity contribution >= 4 is 32.7 Å². The molecule has 3 rings (SSSR count). The van der Waals surface area contributed by atoms with Crippen molar-refractivity contribution in [1.82, 2.24) is 4.98 Å². The quantitative estimate of drug-likeness (QED) is 0.812. The molecule has 1 saturated heterocycles. The number of anilines is 1. The normalized spacial score (nSPS) is 19.4. The van der Waals surface area contributed by atoms with Gasteiger partial charge in [0, 0.05) is 36.2 Å². The van der Waals surface area contributed by atoms with E-state index in [0.717, 1.165) is 10.9 Å². The number of fused-ring (bicyclic) bond motifs is 1. The number of carbonyl (C=O) groups excluding carboxylic acids is 1. The molecule has 0 N–H and O–H groups in total. The van der Waals surface area contributed by atoms with Crippen LogP contribution < -0.4 is 4.90 Å². The van der Waals surface area contributed by atoms with Crippen molar-refractivity contribution in [1.29, 1.82) is 0 Å². The Morgan fingerprint density at radius 1 is 1.33 bits per heavy atom. The lowest BCUT2D eigenvalue weighted by Gasteiger charge is -2.17. The Balaban J connectivity index is 1.87. The van der Waals surface area contributed by atoms with Gasteiger partial charge in [0.05, 0.1) is 11.3 Å². The highest BCUT2D eigenvalue weighted by molar-refractivity contribution is 7.86. The molecule has 1 unspecified atom stereocenters. The standard InChI is InChI=1S/C14H13FN2O3S/c15-21(19,20)9-10-6-14(18)17(8-10)12-3-4-13-11(7-12)2-1-5-16-13/h1-5,7,10H,6,8-9H2.